The minimum atomic E-state index is -3.23. The first-order valence-electron chi connectivity index (χ1n) is 7.05. The molecule has 0 aromatic carbocycles. The Hall–Kier alpha value is -0.170. The maximum atomic E-state index is 11.9. The number of nitrogens with one attached hydrogen (secondary N) is 2. The third-order valence-corrected chi connectivity index (χ3v) is 4.92. The first kappa shape index (κ1) is 15.9. The molecular formula is C12H27N3O2S. The Balaban J connectivity index is 2.30. The van der Waals surface area contributed by atoms with E-state index in [2.05, 4.69) is 17.0 Å². The largest absolute Gasteiger partial charge is 0.316 e. The number of nitrogens with zero attached hydrogens (tertiary/aromatic N) is 1. The van der Waals surface area contributed by atoms with Gasteiger partial charge in [0.1, 0.15) is 0 Å². The second-order valence-electron chi connectivity index (χ2n) is 4.95. The molecule has 1 aliphatic rings. The molecule has 0 unspecified atom stereocenters. The molecule has 18 heavy (non-hydrogen) atoms. The Bertz CT molecular complexity index is 311. The summed E-state index contributed by atoms with van der Waals surface area (Å²) in [5, 5.41) is 3.41. The zero-order valence-electron chi connectivity index (χ0n) is 11.6. The fraction of sp³-hybridized carbons (Fsp3) is 1.00. The lowest BCUT2D eigenvalue weighted by Crippen LogP contribution is -2.46. The van der Waals surface area contributed by atoms with Crippen LogP contribution in [-0.2, 0) is 10.2 Å². The van der Waals surface area contributed by atoms with Crippen LogP contribution in [0, 0.1) is 5.92 Å². The van der Waals surface area contributed by atoms with Crippen LogP contribution >= 0.6 is 0 Å². The highest BCUT2D eigenvalue weighted by Crippen LogP contribution is 2.18. The van der Waals surface area contributed by atoms with Crippen LogP contribution in [0.25, 0.3) is 0 Å². The van der Waals surface area contributed by atoms with E-state index in [0.29, 0.717) is 25.6 Å². The van der Waals surface area contributed by atoms with Gasteiger partial charge in [0, 0.05) is 19.6 Å². The molecule has 0 aromatic rings. The van der Waals surface area contributed by atoms with E-state index in [-0.39, 0.29) is 0 Å². The van der Waals surface area contributed by atoms with Gasteiger partial charge >= 0.3 is 0 Å². The average Bonchev–Trinajstić information content (AvgIpc) is 2.37. The van der Waals surface area contributed by atoms with Gasteiger partial charge in [-0.1, -0.05) is 13.8 Å². The number of rotatable bonds is 8. The average molecular weight is 277 g/mol. The summed E-state index contributed by atoms with van der Waals surface area (Å²) in [4.78, 5) is 0. The van der Waals surface area contributed by atoms with Crippen LogP contribution in [0.5, 0.6) is 0 Å². The molecule has 0 saturated carbocycles. The van der Waals surface area contributed by atoms with E-state index >= 15 is 0 Å². The molecule has 6 heteroatoms. The van der Waals surface area contributed by atoms with Crippen molar-refractivity contribution < 1.29 is 8.42 Å². The first-order valence-corrected chi connectivity index (χ1v) is 8.49. The molecular weight excluding hydrogens is 250 g/mol. The fourth-order valence-electron chi connectivity index (χ4n) is 2.16. The second-order valence-corrected chi connectivity index (χ2v) is 6.70. The molecule has 0 amide bonds. The van der Waals surface area contributed by atoms with Gasteiger partial charge in [-0.3, -0.25) is 0 Å². The van der Waals surface area contributed by atoms with Crippen molar-refractivity contribution in [3.8, 4) is 0 Å². The lowest BCUT2D eigenvalue weighted by atomic mass is 9.98. The van der Waals surface area contributed by atoms with Gasteiger partial charge in [0.2, 0.25) is 0 Å². The van der Waals surface area contributed by atoms with Crippen LogP contribution in [-0.4, -0.2) is 45.4 Å². The van der Waals surface area contributed by atoms with Crippen LogP contribution in [0.1, 0.15) is 39.5 Å². The third-order valence-electron chi connectivity index (χ3n) is 3.31. The van der Waals surface area contributed by atoms with E-state index in [1.165, 1.54) is 0 Å². The molecule has 1 fully saturated rings. The van der Waals surface area contributed by atoms with E-state index in [9.17, 15) is 8.42 Å². The zero-order chi connectivity index (χ0) is 13.4. The monoisotopic (exact) mass is 277 g/mol. The van der Waals surface area contributed by atoms with E-state index in [1.807, 2.05) is 6.92 Å². The summed E-state index contributed by atoms with van der Waals surface area (Å²) in [6, 6.07) is 0. The van der Waals surface area contributed by atoms with E-state index in [4.69, 9.17) is 0 Å². The number of hydrogen-bond acceptors (Lipinski definition) is 3. The summed E-state index contributed by atoms with van der Waals surface area (Å²) >= 11 is 0. The molecule has 0 spiro atoms. The Morgan fingerprint density at radius 1 is 1.11 bits per heavy atom. The minimum absolute atomic E-state index is 0.528. The van der Waals surface area contributed by atoms with Gasteiger partial charge in [-0.2, -0.15) is 12.7 Å². The summed E-state index contributed by atoms with van der Waals surface area (Å²) < 4.78 is 28.0. The van der Waals surface area contributed by atoms with Crippen molar-refractivity contribution >= 4 is 10.2 Å². The first-order chi connectivity index (χ1) is 8.60. The van der Waals surface area contributed by atoms with Crippen molar-refractivity contribution in [2.24, 2.45) is 5.92 Å². The number of hydrogen-bond donors (Lipinski definition) is 2. The van der Waals surface area contributed by atoms with Gasteiger partial charge in [-0.25, -0.2) is 4.72 Å². The van der Waals surface area contributed by atoms with Crippen LogP contribution in [0.15, 0.2) is 0 Å². The maximum absolute atomic E-state index is 11.9. The fourth-order valence-corrected chi connectivity index (χ4v) is 3.50. The quantitative estimate of drug-likeness (QED) is 0.649. The van der Waals surface area contributed by atoms with Gasteiger partial charge in [-0.05, 0) is 44.7 Å². The summed E-state index contributed by atoms with van der Waals surface area (Å²) in [5.74, 6) is 0.620. The number of piperidine rings is 1. The molecule has 1 rings (SSSR count). The molecule has 1 heterocycles. The molecule has 0 aliphatic carbocycles. The summed E-state index contributed by atoms with van der Waals surface area (Å²) in [5.41, 5.74) is 0. The normalized spacial score (nSPS) is 19.2. The molecule has 1 aliphatic heterocycles. The van der Waals surface area contributed by atoms with Crippen LogP contribution in [0.4, 0.5) is 0 Å². The van der Waals surface area contributed by atoms with Crippen molar-refractivity contribution in [1.82, 2.24) is 14.3 Å². The van der Waals surface area contributed by atoms with Crippen molar-refractivity contribution in [1.29, 1.82) is 0 Å². The Morgan fingerprint density at radius 3 is 2.28 bits per heavy atom. The third kappa shape index (κ3) is 5.22. The lowest BCUT2D eigenvalue weighted by molar-refractivity contribution is 0.265. The summed E-state index contributed by atoms with van der Waals surface area (Å²) in [6.45, 7) is 8.02. The molecule has 0 aromatic heterocycles. The topological polar surface area (TPSA) is 61.4 Å². The van der Waals surface area contributed by atoms with E-state index in [1.54, 1.807) is 4.31 Å². The Kier molecular flexibility index (Phi) is 7.14. The van der Waals surface area contributed by atoms with E-state index < -0.39 is 10.2 Å². The predicted molar refractivity (Wildman–Crippen MR) is 74.7 cm³/mol. The summed E-state index contributed by atoms with van der Waals surface area (Å²) in [7, 11) is -3.23. The van der Waals surface area contributed by atoms with Crippen molar-refractivity contribution in [3.05, 3.63) is 0 Å². The van der Waals surface area contributed by atoms with Crippen LogP contribution in [0.2, 0.25) is 0 Å². The van der Waals surface area contributed by atoms with Crippen molar-refractivity contribution in [3.63, 3.8) is 0 Å². The molecule has 5 nitrogen and oxygen atoms in total. The van der Waals surface area contributed by atoms with Crippen LogP contribution in [0.3, 0.4) is 0 Å². The second kappa shape index (κ2) is 8.09. The Morgan fingerprint density at radius 2 is 1.72 bits per heavy atom. The van der Waals surface area contributed by atoms with E-state index in [0.717, 1.165) is 38.8 Å². The summed E-state index contributed by atoms with van der Waals surface area (Å²) in [6.07, 6.45) is 3.90. The van der Waals surface area contributed by atoms with Crippen molar-refractivity contribution in [2.75, 3.05) is 32.7 Å². The maximum Gasteiger partial charge on any atom is 0.279 e. The minimum Gasteiger partial charge on any atom is -0.316 e. The molecule has 0 radical (unpaired) electrons. The zero-order valence-corrected chi connectivity index (χ0v) is 12.4. The molecule has 108 valence electrons. The van der Waals surface area contributed by atoms with Gasteiger partial charge in [0.05, 0.1) is 0 Å². The molecule has 1 saturated heterocycles. The van der Waals surface area contributed by atoms with Crippen molar-refractivity contribution in [2.45, 2.75) is 39.5 Å². The van der Waals surface area contributed by atoms with Gasteiger partial charge in [-0.15, -0.1) is 0 Å². The smallest absolute Gasteiger partial charge is 0.279 e. The molecule has 2 N–H and O–H groups in total. The highest BCUT2D eigenvalue weighted by molar-refractivity contribution is 7.87. The molecule has 0 bridgehead atoms. The highest BCUT2D eigenvalue weighted by atomic mass is 32.2. The van der Waals surface area contributed by atoms with Crippen LogP contribution < -0.4 is 10.0 Å². The standard InChI is InChI=1S/C12H27N3O2S/c1-3-7-13-11-12-5-9-15(10-6-12)18(16,17)14-8-4-2/h12-14H,3-11H2,1-2H3. The molecule has 0 atom stereocenters. The Labute approximate surface area is 112 Å². The predicted octanol–water partition coefficient (Wildman–Crippen LogP) is 0.942. The highest BCUT2D eigenvalue weighted by Gasteiger charge is 2.27. The van der Waals surface area contributed by atoms with Gasteiger partial charge < -0.3 is 5.32 Å². The SMILES string of the molecule is CCCNCC1CCN(S(=O)(=O)NCCC)CC1. The van der Waals surface area contributed by atoms with Gasteiger partial charge in [0.15, 0.2) is 0 Å². The lowest BCUT2D eigenvalue weighted by Gasteiger charge is -2.31. The van der Waals surface area contributed by atoms with Gasteiger partial charge in [0.25, 0.3) is 10.2 Å².